The summed E-state index contributed by atoms with van der Waals surface area (Å²) >= 11 is 0. The Bertz CT molecular complexity index is 1070. The van der Waals surface area contributed by atoms with E-state index in [-0.39, 0.29) is 17.4 Å². The van der Waals surface area contributed by atoms with Gasteiger partial charge in [-0.05, 0) is 55.3 Å². The van der Waals surface area contributed by atoms with Crippen LogP contribution in [-0.4, -0.2) is 82.6 Å². The normalized spacial score (nSPS) is 17.8. The number of benzene rings is 2. The van der Waals surface area contributed by atoms with E-state index in [1.807, 2.05) is 4.90 Å². The lowest BCUT2D eigenvalue weighted by Crippen LogP contribution is -2.50. The number of rotatable bonds is 6. The van der Waals surface area contributed by atoms with Crippen LogP contribution in [0, 0.1) is 13.8 Å². The SMILES string of the molecule is Cc1cccc(N2CCN(C(=O)COc3ccc(S(=O)(=O)N4CCOCC4)cc3)CC2)c1C. The molecule has 4 rings (SSSR count). The average molecular weight is 474 g/mol. The first-order valence-corrected chi connectivity index (χ1v) is 12.7. The molecule has 2 aromatic carbocycles. The van der Waals surface area contributed by atoms with Crippen molar-refractivity contribution in [1.29, 1.82) is 0 Å². The van der Waals surface area contributed by atoms with Gasteiger partial charge in [0.05, 0.1) is 18.1 Å². The highest BCUT2D eigenvalue weighted by Crippen LogP contribution is 2.24. The van der Waals surface area contributed by atoms with Crippen molar-refractivity contribution >= 4 is 21.6 Å². The van der Waals surface area contributed by atoms with E-state index in [4.69, 9.17) is 9.47 Å². The molecule has 0 N–H and O–H groups in total. The maximum Gasteiger partial charge on any atom is 0.260 e. The number of amides is 1. The van der Waals surface area contributed by atoms with Crippen molar-refractivity contribution < 1.29 is 22.7 Å². The molecule has 2 aliphatic heterocycles. The number of hydrogen-bond donors (Lipinski definition) is 0. The Morgan fingerprint density at radius 2 is 1.61 bits per heavy atom. The van der Waals surface area contributed by atoms with Crippen molar-refractivity contribution in [3.63, 3.8) is 0 Å². The summed E-state index contributed by atoms with van der Waals surface area (Å²) < 4.78 is 37.7. The molecule has 2 aliphatic rings. The van der Waals surface area contributed by atoms with E-state index >= 15 is 0 Å². The van der Waals surface area contributed by atoms with Crippen LogP contribution < -0.4 is 9.64 Å². The number of morpholine rings is 1. The molecule has 2 aromatic rings. The Balaban J connectivity index is 1.28. The molecule has 0 aromatic heterocycles. The molecule has 8 nitrogen and oxygen atoms in total. The summed E-state index contributed by atoms with van der Waals surface area (Å²) in [5.41, 5.74) is 3.77. The fraction of sp³-hybridized carbons (Fsp3) is 0.458. The average Bonchev–Trinajstić information content (AvgIpc) is 2.85. The zero-order valence-corrected chi connectivity index (χ0v) is 20.0. The van der Waals surface area contributed by atoms with Crippen LogP contribution in [0.4, 0.5) is 5.69 Å². The first-order chi connectivity index (χ1) is 15.9. The number of sulfonamides is 1. The molecule has 0 bridgehead atoms. The third kappa shape index (κ3) is 5.31. The minimum absolute atomic E-state index is 0.0689. The maximum absolute atomic E-state index is 12.7. The lowest BCUT2D eigenvalue weighted by atomic mass is 10.1. The van der Waals surface area contributed by atoms with Crippen molar-refractivity contribution in [3.8, 4) is 5.75 Å². The molecular weight excluding hydrogens is 442 g/mol. The zero-order chi connectivity index (χ0) is 23.4. The summed E-state index contributed by atoms with van der Waals surface area (Å²) in [6, 6.07) is 12.5. The van der Waals surface area contributed by atoms with Crippen molar-refractivity contribution in [2.45, 2.75) is 18.7 Å². The van der Waals surface area contributed by atoms with Gasteiger partial charge in [-0.2, -0.15) is 4.31 Å². The van der Waals surface area contributed by atoms with Crippen LogP contribution in [0.5, 0.6) is 5.75 Å². The van der Waals surface area contributed by atoms with E-state index < -0.39 is 10.0 Å². The topological polar surface area (TPSA) is 79.4 Å². The molecule has 2 heterocycles. The van der Waals surface area contributed by atoms with Gasteiger partial charge in [0, 0.05) is 45.0 Å². The molecule has 2 fully saturated rings. The molecule has 0 radical (unpaired) electrons. The molecule has 178 valence electrons. The second kappa shape index (κ2) is 10.1. The smallest absolute Gasteiger partial charge is 0.260 e. The van der Waals surface area contributed by atoms with Gasteiger partial charge in [0.25, 0.3) is 5.91 Å². The summed E-state index contributed by atoms with van der Waals surface area (Å²) in [6.45, 7) is 8.54. The zero-order valence-electron chi connectivity index (χ0n) is 19.2. The first kappa shape index (κ1) is 23.5. The van der Waals surface area contributed by atoms with Crippen molar-refractivity contribution in [1.82, 2.24) is 9.21 Å². The van der Waals surface area contributed by atoms with Crippen LogP contribution in [0.3, 0.4) is 0 Å². The van der Waals surface area contributed by atoms with Crippen LogP contribution in [0.25, 0.3) is 0 Å². The van der Waals surface area contributed by atoms with E-state index in [2.05, 4.69) is 36.9 Å². The fourth-order valence-electron chi connectivity index (χ4n) is 4.16. The Kier molecular flexibility index (Phi) is 7.21. The van der Waals surface area contributed by atoms with E-state index in [1.54, 1.807) is 12.1 Å². The summed E-state index contributed by atoms with van der Waals surface area (Å²) in [6.07, 6.45) is 0. The van der Waals surface area contributed by atoms with Crippen molar-refractivity contribution in [3.05, 3.63) is 53.6 Å². The quantitative estimate of drug-likeness (QED) is 0.639. The molecule has 9 heteroatoms. The molecule has 1 amide bonds. The number of piperazine rings is 1. The number of aryl methyl sites for hydroxylation is 1. The van der Waals surface area contributed by atoms with Gasteiger partial charge >= 0.3 is 0 Å². The van der Waals surface area contributed by atoms with Gasteiger partial charge in [0.1, 0.15) is 5.75 Å². The molecular formula is C24H31N3O5S. The lowest BCUT2D eigenvalue weighted by Gasteiger charge is -2.37. The van der Waals surface area contributed by atoms with Gasteiger partial charge in [0.2, 0.25) is 10.0 Å². The Labute approximate surface area is 195 Å². The Hall–Kier alpha value is -2.62. The van der Waals surface area contributed by atoms with Crippen molar-refractivity contribution in [2.24, 2.45) is 0 Å². The minimum Gasteiger partial charge on any atom is -0.484 e. The summed E-state index contributed by atoms with van der Waals surface area (Å²) in [4.78, 5) is 17.0. The van der Waals surface area contributed by atoms with Crippen LogP contribution in [0.1, 0.15) is 11.1 Å². The molecule has 0 unspecified atom stereocenters. The summed E-state index contributed by atoms with van der Waals surface area (Å²) in [7, 11) is -3.54. The molecule has 33 heavy (non-hydrogen) atoms. The molecule has 2 saturated heterocycles. The number of ether oxygens (including phenoxy) is 2. The third-order valence-corrected chi connectivity index (χ3v) is 8.26. The fourth-order valence-corrected chi connectivity index (χ4v) is 5.56. The van der Waals surface area contributed by atoms with Crippen LogP contribution in [0.2, 0.25) is 0 Å². The van der Waals surface area contributed by atoms with Crippen LogP contribution in [-0.2, 0) is 19.6 Å². The molecule has 0 spiro atoms. The summed E-state index contributed by atoms with van der Waals surface area (Å²) in [5.74, 6) is 0.402. The Morgan fingerprint density at radius 1 is 0.939 bits per heavy atom. The maximum atomic E-state index is 12.7. The highest BCUT2D eigenvalue weighted by atomic mass is 32.2. The predicted octanol–water partition coefficient (Wildman–Crippen LogP) is 2.05. The predicted molar refractivity (Wildman–Crippen MR) is 126 cm³/mol. The number of carbonyl (C=O) groups is 1. The second-order valence-electron chi connectivity index (χ2n) is 8.36. The largest absolute Gasteiger partial charge is 0.484 e. The van der Waals surface area contributed by atoms with E-state index in [1.165, 1.54) is 33.3 Å². The number of nitrogens with zero attached hydrogens (tertiary/aromatic N) is 3. The van der Waals surface area contributed by atoms with Gasteiger partial charge in [-0.15, -0.1) is 0 Å². The second-order valence-corrected chi connectivity index (χ2v) is 10.3. The number of hydrogen-bond acceptors (Lipinski definition) is 6. The first-order valence-electron chi connectivity index (χ1n) is 11.3. The van der Waals surface area contributed by atoms with E-state index in [0.29, 0.717) is 45.1 Å². The van der Waals surface area contributed by atoms with E-state index in [0.717, 1.165) is 13.1 Å². The van der Waals surface area contributed by atoms with Gasteiger partial charge < -0.3 is 19.3 Å². The van der Waals surface area contributed by atoms with Gasteiger partial charge in [-0.1, -0.05) is 12.1 Å². The van der Waals surface area contributed by atoms with Gasteiger partial charge in [0.15, 0.2) is 6.61 Å². The van der Waals surface area contributed by atoms with Crippen LogP contribution >= 0.6 is 0 Å². The highest BCUT2D eigenvalue weighted by molar-refractivity contribution is 7.89. The molecule has 0 aliphatic carbocycles. The van der Waals surface area contributed by atoms with Gasteiger partial charge in [-0.25, -0.2) is 8.42 Å². The van der Waals surface area contributed by atoms with Crippen molar-refractivity contribution in [2.75, 3.05) is 64.0 Å². The standard InChI is InChI=1S/C24H31N3O5S/c1-19-4-3-5-23(20(19)2)25-10-12-26(13-11-25)24(28)18-32-21-6-8-22(9-7-21)33(29,30)27-14-16-31-17-15-27/h3-9H,10-18H2,1-2H3. The van der Waals surface area contributed by atoms with Gasteiger partial charge in [-0.3, -0.25) is 4.79 Å². The van der Waals surface area contributed by atoms with Crippen LogP contribution in [0.15, 0.2) is 47.4 Å². The summed E-state index contributed by atoms with van der Waals surface area (Å²) in [5, 5.41) is 0. The lowest BCUT2D eigenvalue weighted by molar-refractivity contribution is -0.133. The number of carbonyl (C=O) groups excluding carboxylic acids is 1. The van der Waals surface area contributed by atoms with E-state index in [9.17, 15) is 13.2 Å². The molecule has 0 atom stereocenters. The molecule has 0 saturated carbocycles. The number of anilines is 1. The highest BCUT2D eigenvalue weighted by Gasteiger charge is 2.26. The third-order valence-electron chi connectivity index (χ3n) is 6.34. The monoisotopic (exact) mass is 473 g/mol. The Morgan fingerprint density at radius 3 is 2.27 bits per heavy atom. The minimum atomic E-state index is -3.54.